The highest BCUT2D eigenvalue weighted by molar-refractivity contribution is 5.46. The quantitative estimate of drug-likeness (QED) is 0.761. The van der Waals surface area contributed by atoms with Gasteiger partial charge in [0.05, 0.1) is 0 Å². The van der Waals surface area contributed by atoms with Crippen LogP contribution in [-0.2, 0) is 0 Å². The summed E-state index contributed by atoms with van der Waals surface area (Å²) in [5, 5.41) is 3.50. The minimum absolute atomic E-state index is 0.253. The van der Waals surface area contributed by atoms with Crippen molar-refractivity contribution in [3.8, 4) is 0 Å². The van der Waals surface area contributed by atoms with Crippen LogP contribution in [0.2, 0.25) is 0 Å². The number of anilines is 1. The van der Waals surface area contributed by atoms with Gasteiger partial charge in [-0.05, 0) is 33.1 Å². The second-order valence-electron chi connectivity index (χ2n) is 4.27. The molecular weight excluding hydrogens is 200 g/mol. The van der Waals surface area contributed by atoms with E-state index in [1.54, 1.807) is 6.20 Å². The molecule has 0 aliphatic rings. The Morgan fingerprint density at radius 3 is 2.81 bits per heavy atom. The molecule has 1 unspecified atom stereocenters. The monoisotopic (exact) mass is 222 g/mol. The van der Waals surface area contributed by atoms with Crippen molar-refractivity contribution in [3.63, 3.8) is 0 Å². The molecule has 1 atom stereocenters. The molecule has 0 radical (unpaired) electrons. The number of likely N-dealkylation sites (N-methyl/N-ethyl adjacent to an activating group) is 1. The Bertz CT molecular complexity index is 312. The molecule has 0 aliphatic carbocycles. The summed E-state index contributed by atoms with van der Waals surface area (Å²) >= 11 is 0. The van der Waals surface area contributed by atoms with Crippen LogP contribution in [0.25, 0.3) is 0 Å². The van der Waals surface area contributed by atoms with E-state index in [2.05, 4.69) is 36.2 Å². The Morgan fingerprint density at radius 2 is 2.25 bits per heavy atom. The van der Waals surface area contributed by atoms with Crippen molar-refractivity contribution in [3.05, 3.63) is 24.0 Å². The van der Waals surface area contributed by atoms with E-state index in [4.69, 9.17) is 5.73 Å². The molecule has 1 heterocycles. The van der Waals surface area contributed by atoms with E-state index in [0.29, 0.717) is 0 Å². The zero-order valence-corrected chi connectivity index (χ0v) is 10.4. The van der Waals surface area contributed by atoms with Crippen LogP contribution >= 0.6 is 0 Å². The molecule has 0 amide bonds. The number of nitrogens with zero attached hydrogens (tertiary/aromatic N) is 2. The number of nitrogen functional groups attached to an aromatic ring is 1. The van der Waals surface area contributed by atoms with Crippen LogP contribution in [0.15, 0.2) is 18.5 Å². The maximum absolute atomic E-state index is 5.97. The molecule has 0 aliphatic heterocycles. The van der Waals surface area contributed by atoms with E-state index >= 15 is 0 Å². The number of hydrogen-bond acceptors (Lipinski definition) is 4. The molecule has 1 aromatic heterocycles. The molecule has 4 nitrogen and oxygen atoms in total. The maximum Gasteiger partial charge on any atom is 0.0485 e. The average molecular weight is 222 g/mol. The van der Waals surface area contributed by atoms with E-state index in [1.807, 2.05) is 12.3 Å². The summed E-state index contributed by atoms with van der Waals surface area (Å²) < 4.78 is 0. The Labute approximate surface area is 97.9 Å². The topological polar surface area (TPSA) is 54.2 Å². The third-order valence-electron chi connectivity index (χ3n) is 2.45. The molecule has 16 heavy (non-hydrogen) atoms. The van der Waals surface area contributed by atoms with Gasteiger partial charge in [0, 0.05) is 36.2 Å². The molecule has 0 saturated carbocycles. The summed E-state index contributed by atoms with van der Waals surface area (Å²) in [5.74, 6) is 0. The highest BCUT2D eigenvalue weighted by Gasteiger charge is 2.14. The number of hydrogen-bond donors (Lipinski definition) is 2. The van der Waals surface area contributed by atoms with E-state index in [9.17, 15) is 0 Å². The average Bonchev–Trinajstić information content (AvgIpc) is 2.24. The van der Waals surface area contributed by atoms with Gasteiger partial charge in [0.2, 0.25) is 0 Å². The number of aromatic nitrogens is 1. The Morgan fingerprint density at radius 1 is 1.50 bits per heavy atom. The van der Waals surface area contributed by atoms with E-state index in [0.717, 1.165) is 30.8 Å². The third-order valence-corrected chi connectivity index (χ3v) is 2.45. The zero-order valence-electron chi connectivity index (χ0n) is 10.4. The van der Waals surface area contributed by atoms with Crippen molar-refractivity contribution in [1.82, 2.24) is 15.2 Å². The highest BCUT2D eigenvalue weighted by atomic mass is 15.1. The molecule has 0 aromatic carbocycles. The van der Waals surface area contributed by atoms with Crippen molar-refractivity contribution in [1.29, 1.82) is 0 Å². The van der Waals surface area contributed by atoms with Gasteiger partial charge < -0.3 is 16.0 Å². The van der Waals surface area contributed by atoms with Crippen LogP contribution in [0.3, 0.4) is 0 Å². The second kappa shape index (κ2) is 6.45. The van der Waals surface area contributed by atoms with E-state index in [-0.39, 0.29) is 6.04 Å². The van der Waals surface area contributed by atoms with Crippen molar-refractivity contribution >= 4 is 5.69 Å². The first kappa shape index (κ1) is 12.9. The predicted octanol–water partition coefficient (Wildman–Crippen LogP) is 1.27. The fourth-order valence-corrected chi connectivity index (χ4v) is 1.67. The van der Waals surface area contributed by atoms with Crippen molar-refractivity contribution < 1.29 is 0 Å². The largest absolute Gasteiger partial charge is 0.398 e. The maximum atomic E-state index is 5.97. The van der Waals surface area contributed by atoms with Gasteiger partial charge >= 0.3 is 0 Å². The van der Waals surface area contributed by atoms with Crippen LogP contribution < -0.4 is 11.1 Å². The van der Waals surface area contributed by atoms with Gasteiger partial charge in [-0.15, -0.1) is 0 Å². The lowest BCUT2D eigenvalue weighted by molar-refractivity contribution is 0.342. The van der Waals surface area contributed by atoms with Gasteiger partial charge in [0.1, 0.15) is 0 Å². The van der Waals surface area contributed by atoms with Gasteiger partial charge in [0.25, 0.3) is 0 Å². The Balaban J connectivity index is 2.78. The fraction of sp³-hybridized carbons (Fsp3) is 0.583. The number of rotatable bonds is 6. The van der Waals surface area contributed by atoms with Crippen molar-refractivity contribution in [2.24, 2.45) is 0 Å². The van der Waals surface area contributed by atoms with Crippen LogP contribution in [0.4, 0.5) is 5.69 Å². The van der Waals surface area contributed by atoms with E-state index < -0.39 is 0 Å². The minimum Gasteiger partial charge on any atom is -0.398 e. The summed E-state index contributed by atoms with van der Waals surface area (Å²) in [6.07, 6.45) is 4.70. The van der Waals surface area contributed by atoms with Gasteiger partial charge in [-0.25, -0.2) is 0 Å². The van der Waals surface area contributed by atoms with Crippen LogP contribution in [-0.4, -0.2) is 37.1 Å². The molecule has 0 bridgehead atoms. The normalized spacial score (nSPS) is 13.0. The molecule has 1 aromatic rings. The SMILES string of the molecule is CCCNC(CN(C)C)c1cnccc1N. The second-order valence-corrected chi connectivity index (χ2v) is 4.27. The van der Waals surface area contributed by atoms with E-state index in [1.165, 1.54) is 0 Å². The van der Waals surface area contributed by atoms with Crippen LogP contribution in [0, 0.1) is 0 Å². The summed E-state index contributed by atoms with van der Waals surface area (Å²) in [6.45, 7) is 4.08. The third kappa shape index (κ3) is 3.79. The Hall–Kier alpha value is -1.13. The molecule has 0 saturated heterocycles. The lowest BCUT2D eigenvalue weighted by atomic mass is 10.1. The van der Waals surface area contributed by atoms with Crippen LogP contribution in [0.5, 0.6) is 0 Å². The lowest BCUT2D eigenvalue weighted by Gasteiger charge is -2.23. The molecule has 4 heteroatoms. The van der Waals surface area contributed by atoms with Crippen LogP contribution in [0.1, 0.15) is 24.9 Å². The number of nitrogens with one attached hydrogen (secondary N) is 1. The van der Waals surface area contributed by atoms with Gasteiger partial charge in [0.15, 0.2) is 0 Å². The number of nitrogens with two attached hydrogens (primary N) is 1. The lowest BCUT2D eigenvalue weighted by Crippen LogP contribution is -2.32. The smallest absolute Gasteiger partial charge is 0.0485 e. The first-order valence-corrected chi connectivity index (χ1v) is 5.72. The molecule has 0 fully saturated rings. The minimum atomic E-state index is 0.253. The highest BCUT2D eigenvalue weighted by Crippen LogP contribution is 2.19. The summed E-state index contributed by atoms with van der Waals surface area (Å²) in [4.78, 5) is 6.30. The van der Waals surface area contributed by atoms with Gasteiger partial charge in [-0.1, -0.05) is 6.92 Å². The first-order valence-electron chi connectivity index (χ1n) is 5.72. The van der Waals surface area contributed by atoms with Gasteiger partial charge in [-0.3, -0.25) is 4.98 Å². The molecule has 1 rings (SSSR count). The van der Waals surface area contributed by atoms with Crippen molar-refractivity contribution in [2.45, 2.75) is 19.4 Å². The molecule has 3 N–H and O–H groups in total. The predicted molar refractivity (Wildman–Crippen MR) is 68.2 cm³/mol. The van der Waals surface area contributed by atoms with Gasteiger partial charge in [-0.2, -0.15) is 0 Å². The summed E-state index contributed by atoms with van der Waals surface area (Å²) in [7, 11) is 4.13. The molecular formula is C12H22N4. The Kier molecular flexibility index (Phi) is 5.22. The zero-order chi connectivity index (χ0) is 12.0. The first-order chi connectivity index (χ1) is 7.65. The summed E-state index contributed by atoms with van der Waals surface area (Å²) in [6, 6.07) is 2.11. The molecule has 90 valence electrons. The summed E-state index contributed by atoms with van der Waals surface area (Å²) in [5.41, 5.74) is 7.87. The van der Waals surface area contributed by atoms with Crippen molar-refractivity contribution in [2.75, 3.05) is 32.9 Å². The fourth-order valence-electron chi connectivity index (χ4n) is 1.67. The number of pyridine rings is 1. The molecule has 0 spiro atoms. The standard InChI is InChI=1S/C12H22N4/c1-4-6-15-12(9-16(2)3)10-8-14-7-5-11(10)13/h5,7-8,12,15H,4,6,9H2,1-3H3,(H2,13,14).